The van der Waals surface area contributed by atoms with E-state index in [1.165, 1.54) is 18.4 Å². The summed E-state index contributed by atoms with van der Waals surface area (Å²) >= 11 is 0. The van der Waals surface area contributed by atoms with Gasteiger partial charge >= 0.3 is 5.97 Å². The lowest BCUT2D eigenvalue weighted by atomic mass is 9.80. The molecule has 1 heterocycles. The van der Waals surface area contributed by atoms with Crippen LogP contribution in [0.15, 0.2) is 24.3 Å². The van der Waals surface area contributed by atoms with Crippen molar-refractivity contribution < 1.29 is 14.6 Å². The standard InChI is InChI=1S/C21H31NO3.ClH/c23-21(24)10-5-16-1-3-17(4-2-16)15-25-20-8-6-18(7-9-20)19-11-13-22-14-12-19;/h6-9,16-17,19,22H,1-5,10-15H2,(H,23,24);1H. The van der Waals surface area contributed by atoms with Crippen molar-refractivity contribution in [2.45, 2.75) is 57.3 Å². The first-order chi connectivity index (χ1) is 12.2. The van der Waals surface area contributed by atoms with E-state index >= 15 is 0 Å². The number of hydrogen-bond donors (Lipinski definition) is 2. The molecule has 26 heavy (non-hydrogen) atoms. The van der Waals surface area contributed by atoms with Crippen LogP contribution in [0.4, 0.5) is 0 Å². The van der Waals surface area contributed by atoms with Gasteiger partial charge < -0.3 is 15.2 Å². The Bertz CT molecular complexity index is 535. The van der Waals surface area contributed by atoms with Crippen LogP contribution in [0.5, 0.6) is 5.75 Å². The number of ether oxygens (including phenoxy) is 1. The van der Waals surface area contributed by atoms with Gasteiger partial charge in [-0.1, -0.05) is 25.0 Å². The summed E-state index contributed by atoms with van der Waals surface area (Å²) in [5, 5.41) is 12.2. The smallest absolute Gasteiger partial charge is 0.303 e. The number of benzene rings is 1. The molecule has 2 fully saturated rings. The van der Waals surface area contributed by atoms with Crippen LogP contribution < -0.4 is 10.1 Å². The highest BCUT2D eigenvalue weighted by Gasteiger charge is 2.22. The second kappa shape index (κ2) is 10.8. The molecule has 3 rings (SSSR count). The minimum Gasteiger partial charge on any atom is -0.493 e. The molecule has 1 saturated heterocycles. The fourth-order valence-electron chi connectivity index (χ4n) is 4.22. The highest BCUT2D eigenvalue weighted by molar-refractivity contribution is 5.85. The van der Waals surface area contributed by atoms with Crippen molar-refractivity contribution in [1.29, 1.82) is 0 Å². The number of piperidine rings is 1. The number of rotatable bonds is 7. The number of carboxylic acid groups (broad SMARTS) is 1. The molecule has 0 atom stereocenters. The normalized spacial score (nSPS) is 23.8. The molecule has 1 aliphatic carbocycles. The Hall–Kier alpha value is -1.26. The predicted octanol–water partition coefficient (Wildman–Crippen LogP) is 4.63. The van der Waals surface area contributed by atoms with Crippen molar-refractivity contribution in [3.63, 3.8) is 0 Å². The number of hydrogen-bond acceptors (Lipinski definition) is 3. The van der Waals surface area contributed by atoms with Gasteiger partial charge in [0.25, 0.3) is 0 Å². The number of aliphatic carboxylic acids is 1. The highest BCUT2D eigenvalue weighted by atomic mass is 35.5. The first-order valence-electron chi connectivity index (χ1n) is 9.86. The first kappa shape index (κ1) is 21.0. The third kappa shape index (κ3) is 6.48. The van der Waals surface area contributed by atoms with Crippen LogP contribution in [-0.4, -0.2) is 30.8 Å². The van der Waals surface area contributed by atoms with E-state index in [1.807, 2.05) is 0 Å². The molecule has 5 heteroatoms. The zero-order valence-corrected chi connectivity index (χ0v) is 16.3. The lowest BCUT2D eigenvalue weighted by Crippen LogP contribution is -2.26. The summed E-state index contributed by atoms with van der Waals surface area (Å²) in [4.78, 5) is 10.7. The van der Waals surface area contributed by atoms with E-state index < -0.39 is 5.97 Å². The molecule has 2 N–H and O–H groups in total. The average Bonchev–Trinajstić information content (AvgIpc) is 2.66. The van der Waals surface area contributed by atoms with Gasteiger partial charge in [-0.3, -0.25) is 4.79 Å². The Labute approximate surface area is 163 Å². The van der Waals surface area contributed by atoms with E-state index in [2.05, 4.69) is 29.6 Å². The second-order valence-corrected chi connectivity index (χ2v) is 7.72. The number of carbonyl (C=O) groups is 1. The monoisotopic (exact) mass is 381 g/mol. The Morgan fingerprint density at radius 3 is 2.23 bits per heavy atom. The second-order valence-electron chi connectivity index (χ2n) is 7.72. The Kier molecular flexibility index (Phi) is 8.73. The fraction of sp³-hybridized carbons (Fsp3) is 0.667. The minimum atomic E-state index is -0.668. The molecule has 1 saturated carbocycles. The van der Waals surface area contributed by atoms with Gasteiger partial charge in [0, 0.05) is 6.42 Å². The maximum absolute atomic E-state index is 10.7. The van der Waals surface area contributed by atoms with E-state index in [0.717, 1.165) is 57.6 Å². The predicted molar refractivity (Wildman–Crippen MR) is 106 cm³/mol. The van der Waals surface area contributed by atoms with Crippen molar-refractivity contribution in [2.24, 2.45) is 11.8 Å². The van der Waals surface area contributed by atoms with Gasteiger partial charge in [0.15, 0.2) is 0 Å². The zero-order valence-electron chi connectivity index (χ0n) is 15.5. The molecule has 2 aliphatic rings. The zero-order chi connectivity index (χ0) is 17.5. The van der Waals surface area contributed by atoms with Crippen LogP contribution in [0.25, 0.3) is 0 Å². The summed E-state index contributed by atoms with van der Waals surface area (Å²) in [6, 6.07) is 8.70. The molecule has 1 aromatic rings. The van der Waals surface area contributed by atoms with Crippen molar-refractivity contribution in [2.75, 3.05) is 19.7 Å². The lowest BCUT2D eigenvalue weighted by Gasteiger charge is -2.28. The first-order valence-corrected chi connectivity index (χ1v) is 9.86. The van der Waals surface area contributed by atoms with Crippen LogP contribution in [-0.2, 0) is 4.79 Å². The molecule has 0 spiro atoms. The summed E-state index contributed by atoms with van der Waals surface area (Å²) in [5.41, 5.74) is 1.44. The highest BCUT2D eigenvalue weighted by Crippen LogP contribution is 2.32. The maximum Gasteiger partial charge on any atom is 0.303 e. The lowest BCUT2D eigenvalue weighted by molar-refractivity contribution is -0.137. The van der Waals surface area contributed by atoms with Gasteiger partial charge in [-0.05, 0) is 80.6 Å². The Balaban J connectivity index is 0.00000243. The summed E-state index contributed by atoms with van der Waals surface area (Å²) in [5.74, 6) is 2.21. The third-order valence-electron chi connectivity index (χ3n) is 5.91. The van der Waals surface area contributed by atoms with Crippen LogP contribution in [0, 0.1) is 11.8 Å². The maximum atomic E-state index is 10.7. The molecule has 146 valence electrons. The van der Waals surface area contributed by atoms with Crippen molar-refractivity contribution >= 4 is 18.4 Å². The fourth-order valence-corrected chi connectivity index (χ4v) is 4.22. The van der Waals surface area contributed by atoms with Crippen molar-refractivity contribution in [3.05, 3.63) is 29.8 Å². The summed E-state index contributed by atoms with van der Waals surface area (Å²) in [6.45, 7) is 3.04. The molecule has 0 aromatic heterocycles. The molecule has 1 aliphatic heterocycles. The SMILES string of the molecule is Cl.O=C(O)CCC1CCC(COc2ccc(C3CCNCC3)cc2)CC1. The quantitative estimate of drug-likeness (QED) is 0.723. The van der Waals surface area contributed by atoms with E-state index in [1.54, 1.807) is 0 Å². The van der Waals surface area contributed by atoms with E-state index in [9.17, 15) is 4.79 Å². The molecular weight excluding hydrogens is 350 g/mol. The van der Waals surface area contributed by atoms with Crippen molar-refractivity contribution in [3.8, 4) is 5.75 Å². The van der Waals surface area contributed by atoms with Gasteiger partial charge in [0.2, 0.25) is 0 Å². The van der Waals surface area contributed by atoms with Crippen LogP contribution in [0.3, 0.4) is 0 Å². The van der Waals surface area contributed by atoms with E-state index in [-0.39, 0.29) is 12.4 Å². The summed E-state index contributed by atoms with van der Waals surface area (Å²) in [6.07, 6.45) is 8.23. The number of nitrogens with one attached hydrogen (secondary N) is 1. The van der Waals surface area contributed by atoms with Crippen LogP contribution in [0.2, 0.25) is 0 Å². The van der Waals surface area contributed by atoms with Crippen LogP contribution in [0.1, 0.15) is 62.8 Å². The average molecular weight is 382 g/mol. The van der Waals surface area contributed by atoms with E-state index in [0.29, 0.717) is 24.2 Å². The Morgan fingerprint density at radius 1 is 1.00 bits per heavy atom. The van der Waals surface area contributed by atoms with Gasteiger partial charge in [0.1, 0.15) is 5.75 Å². The molecular formula is C21H32ClNO3. The summed E-state index contributed by atoms with van der Waals surface area (Å²) in [7, 11) is 0. The third-order valence-corrected chi connectivity index (χ3v) is 5.91. The number of carboxylic acids is 1. The molecule has 0 radical (unpaired) electrons. The van der Waals surface area contributed by atoms with Crippen molar-refractivity contribution in [1.82, 2.24) is 5.32 Å². The van der Waals surface area contributed by atoms with E-state index in [4.69, 9.17) is 9.84 Å². The largest absolute Gasteiger partial charge is 0.493 e. The molecule has 0 unspecified atom stereocenters. The van der Waals surface area contributed by atoms with Gasteiger partial charge in [-0.2, -0.15) is 0 Å². The van der Waals surface area contributed by atoms with Gasteiger partial charge in [-0.15, -0.1) is 12.4 Å². The number of halogens is 1. The summed E-state index contributed by atoms with van der Waals surface area (Å²) < 4.78 is 6.01. The molecule has 0 bridgehead atoms. The van der Waals surface area contributed by atoms with Gasteiger partial charge in [-0.25, -0.2) is 0 Å². The Morgan fingerprint density at radius 2 is 1.62 bits per heavy atom. The molecule has 0 amide bonds. The molecule has 4 nitrogen and oxygen atoms in total. The van der Waals surface area contributed by atoms with Crippen LogP contribution >= 0.6 is 12.4 Å². The topological polar surface area (TPSA) is 58.6 Å². The molecule has 1 aromatic carbocycles. The van der Waals surface area contributed by atoms with Gasteiger partial charge in [0.05, 0.1) is 6.61 Å². The minimum absolute atomic E-state index is 0.